The highest BCUT2D eigenvalue weighted by atomic mass is 14.7. The van der Waals surface area contributed by atoms with Crippen molar-refractivity contribution in [3.8, 4) is 0 Å². The van der Waals surface area contributed by atoms with E-state index in [2.05, 4.69) is 25.8 Å². The first-order valence-corrected chi connectivity index (χ1v) is 5.33. The molecule has 3 atom stereocenters. The molecule has 78 valence electrons. The molecule has 2 nitrogen and oxygen atoms in total. The highest BCUT2D eigenvalue weighted by molar-refractivity contribution is 5.11. The molecule has 3 unspecified atom stereocenters. The molecule has 0 aromatic carbocycles. The summed E-state index contributed by atoms with van der Waals surface area (Å²) in [5, 5.41) is 0. The van der Waals surface area contributed by atoms with Crippen LogP contribution < -0.4 is 5.73 Å². The lowest BCUT2D eigenvalue weighted by molar-refractivity contribution is 0.391. The maximum Gasteiger partial charge on any atom is 0.0447 e. The summed E-state index contributed by atoms with van der Waals surface area (Å²) >= 11 is 0. The normalized spacial score (nSPS) is 17.4. The predicted octanol–water partition coefficient (Wildman–Crippen LogP) is 2.56. The van der Waals surface area contributed by atoms with Gasteiger partial charge in [0.1, 0.15) is 0 Å². The van der Waals surface area contributed by atoms with Gasteiger partial charge in [-0.05, 0) is 18.1 Å². The Morgan fingerprint density at radius 1 is 1.36 bits per heavy atom. The van der Waals surface area contributed by atoms with E-state index < -0.39 is 0 Å². The third kappa shape index (κ3) is 2.55. The van der Waals surface area contributed by atoms with Crippen molar-refractivity contribution in [2.75, 3.05) is 0 Å². The zero-order chi connectivity index (χ0) is 10.6. The molecular formula is C12H20N2. The molecular weight excluding hydrogens is 172 g/mol. The van der Waals surface area contributed by atoms with Crippen LogP contribution >= 0.6 is 0 Å². The Morgan fingerprint density at radius 3 is 2.57 bits per heavy atom. The van der Waals surface area contributed by atoms with Crippen LogP contribution in [0, 0.1) is 5.92 Å². The van der Waals surface area contributed by atoms with Gasteiger partial charge >= 0.3 is 0 Å². The van der Waals surface area contributed by atoms with E-state index in [1.807, 2.05) is 24.4 Å². The molecule has 1 aromatic rings. The molecule has 1 rings (SSSR count). The summed E-state index contributed by atoms with van der Waals surface area (Å²) in [6.07, 6.45) is 2.95. The van der Waals surface area contributed by atoms with Gasteiger partial charge in [-0.1, -0.05) is 33.3 Å². The van der Waals surface area contributed by atoms with Crippen LogP contribution in [0.2, 0.25) is 0 Å². The first-order valence-electron chi connectivity index (χ1n) is 5.33. The summed E-state index contributed by atoms with van der Waals surface area (Å²) in [6.45, 7) is 6.53. The van der Waals surface area contributed by atoms with Gasteiger partial charge in [0.2, 0.25) is 0 Å². The van der Waals surface area contributed by atoms with E-state index in [-0.39, 0.29) is 6.04 Å². The molecule has 0 bridgehead atoms. The topological polar surface area (TPSA) is 38.9 Å². The van der Waals surface area contributed by atoms with Crippen LogP contribution in [0.15, 0.2) is 24.4 Å². The lowest BCUT2D eigenvalue weighted by atomic mass is 9.87. The number of hydrogen-bond donors (Lipinski definition) is 1. The van der Waals surface area contributed by atoms with Crippen molar-refractivity contribution in [2.45, 2.75) is 39.2 Å². The summed E-state index contributed by atoms with van der Waals surface area (Å²) in [5.74, 6) is 0.887. The highest BCUT2D eigenvalue weighted by Gasteiger charge is 2.20. The summed E-state index contributed by atoms with van der Waals surface area (Å²) in [4.78, 5) is 4.34. The van der Waals surface area contributed by atoms with Gasteiger partial charge in [-0.2, -0.15) is 0 Å². The fourth-order valence-corrected chi connectivity index (χ4v) is 1.61. The van der Waals surface area contributed by atoms with Crippen LogP contribution in [0.5, 0.6) is 0 Å². The molecule has 0 aliphatic rings. The summed E-state index contributed by atoms with van der Waals surface area (Å²) in [7, 11) is 0. The molecule has 2 N–H and O–H groups in total. The minimum atomic E-state index is 0.204. The largest absolute Gasteiger partial charge is 0.327 e. The number of aromatic nitrogens is 1. The molecule has 1 heterocycles. The predicted molar refractivity (Wildman–Crippen MR) is 60.1 cm³/mol. The van der Waals surface area contributed by atoms with Gasteiger partial charge in [0, 0.05) is 23.9 Å². The highest BCUT2D eigenvalue weighted by Crippen LogP contribution is 2.21. The second-order valence-corrected chi connectivity index (χ2v) is 4.01. The Labute approximate surface area is 86.5 Å². The molecule has 0 amide bonds. The van der Waals surface area contributed by atoms with E-state index in [0.29, 0.717) is 11.8 Å². The van der Waals surface area contributed by atoms with Crippen molar-refractivity contribution in [3.63, 3.8) is 0 Å². The van der Waals surface area contributed by atoms with Gasteiger partial charge in [0.05, 0.1) is 0 Å². The van der Waals surface area contributed by atoms with Crippen LogP contribution in [0.3, 0.4) is 0 Å². The van der Waals surface area contributed by atoms with E-state index >= 15 is 0 Å². The van der Waals surface area contributed by atoms with Gasteiger partial charge in [-0.25, -0.2) is 0 Å². The Morgan fingerprint density at radius 2 is 2.07 bits per heavy atom. The van der Waals surface area contributed by atoms with Crippen LogP contribution in [0.4, 0.5) is 0 Å². The van der Waals surface area contributed by atoms with Gasteiger partial charge in [-0.15, -0.1) is 0 Å². The number of rotatable bonds is 4. The van der Waals surface area contributed by atoms with Crippen molar-refractivity contribution < 1.29 is 0 Å². The zero-order valence-corrected chi connectivity index (χ0v) is 9.27. The number of nitrogens with zero attached hydrogens (tertiary/aromatic N) is 1. The van der Waals surface area contributed by atoms with E-state index in [9.17, 15) is 0 Å². The van der Waals surface area contributed by atoms with Crippen molar-refractivity contribution in [3.05, 3.63) is 30.1 Å². The van der Waals surface area contributed by atoms with Crippen LogP contribution in [0.1, 0.15) is 38.8 Å². The molecule has 0 saturated heterocycles. The third-order valence-corrected chi connectivity index (χ3v) is 3.03. The van der Waals surface area contributed by atoms with E-state index in [1.165, 1.54) is 0 Å². The molecule has 0 saturated carbocycles. The molecule has 0 spiro atoms. The van der Waals surface area contributed by atoms with E-state index in [4.69, 9.17) is 5.73 Å². The first-order chi connectivity index (χ1) is 6.66. The summed E-state index contributed by atoms with van der Waals surface area (Å²) < 4.78 is 0. The molecule has 14 heavy (non-hydrogen) atoms. The SMILES string of the molecule is CCC(C)C(N)C(C)c1ccccn1. The average molecular weight is 192 g/mol. The maximum atomic E-state index is 6.16. The summed E-state index contributed by atoms with van der Waals surface area (Å²) in [6, 6.07) is 6.20. The monoisotopic (exact) mass is 192 g/mol. The molecule has 0 radical (unpaired) electrons. The Bertz CT molecular complexity index is 258. The Kier molecular flexibility index (Phi) is 4.08. The molecule has 0 fully saturated rings. The van der Waals surface area contributed by atoms with E-state index in [0.717, 1.165) is 12.1 Å². The van der Waals surface area contributed by atoms with Crippen LogP contribution in [0.25, 0.3) is 0 Å². The minimum absolute atomic E-state index is 0.204. The van der Waals surface area contributed by atoms with Gasteiger partial charge in [0.25, 0.3) is 0 Å². The third-order valence-electron chi connectivity index (χ3n) is 3.03. The number of pyridine rings is 1. The second-order valence-electron chi connectivity index (χ2n) is 4.01. The lowest BCUT2D eigenvalue weighted by Gasteiger charge is -2.24. The zero-order valence-electron chi connectivity index (χ0n) is 9.27. The molecule has 1 aromatic heterocycles. The van der Waals surface area contributed by atoms with Crippen molar-refractivity contribution in [1.82, 2.24) is 4.98 Å². The van der Waals surface area contributed by atoms with Crippen LogP contribution in [-0.2, 0) is 0 Å². The lowest BCUT2D eigenvalue weighted by Crippen LogP contribution is -2.33. The van der Waals surface area contributed by atoms with Gasteiger partial charge in [0.15, 0.2) is 0 Å². The Balaban J connectivity index is 2.70. The smallest absolute Gasteiger partial charge is 0.0447 e. The van der Waals surface area contributed by atoms with Crippen molar-refractivity contribution in [2.24, 2.45) is 11.7 Å². The van der Waals surface area contributed by atoms with Crippen molar-refractivity contribution >= 4 is 0 Å². The maximum absolute atomic E-state index is 6.16. The van der Waals surface area contributed by atoms with Crippen LogP contribution in [-0.4, -0.2) is 11.0 Å². The molecule has 0 aliphatic carbocycles. The average Bonchev–Trinajstić information content (AvgIpc) is 2.27. The molecule has 2 heteroatoms. The molecule has 0 aliphatic heterocycles. The standard InChI is InChI=1S/C12H20N2/c1-4-9(2)12(13)10(3)11-7-5-6-8-14-11/h5-10,12H,4,13H2,1-3H3. The Hall–Kier alpha value is -0.890. The van der Waals surface area contributed by atoms with Crippen molar-refractivity contribution in [1.29, 1.82) is 0 Å². The number of hydrogen-bond acceptors (Lipinski definition) is 2. The summed E-state index contributed by atoms with van der Waals surface area (Å²) in [5.41, 5.74) is 7.26. The first kappa shape index (κ1) is 11.2. The number of nitrogens with two attached hydrogens (primary N) is 1. The van der Waals surface area contributed by atoms with Gasteiger partial charge in [-0.3, -0.25) is 4.98 Å². The quantitative estimate of drug-likeness (QED) is 0.796. The second kappa shape index (κ2) is 5.11. The van der Waals surface area contributed by atoms with Gasteiger partial charge < -0.3 is 5.73 Å². The minimum Gasteiger partial charge on any atom is -0.327 e. The van der Waals surface area contributed by atoms with E-state index in [1.54, 1.807) is 0 Å². The fourth-order valence-electron chi connectivity index (χ4n) is 1.61. The fraction of sp³-hybridized carbons (Fsp3) is 0.583.